The minimum Gasteiger partial charge on any atom is -0.354 e. The number of anilines is 1. The van der Waals surface area contributed by atoms with Crippen molar-refractivity contribution in [2.45, 2.75) is 6.42 Å². The summed E-state index contributed by atoms with van der Waals surface area (Å²) in [7, 11) is -2.84. The van der Waals surface area contributed by atoms with Crippen molar-refractivity contribution in [3.63, 3.8) is 0 Å². The van der Waals surface area contributed by atoms with Crippen LogP contribution in [0.1, 0.15) is 6.42 Å². The van der Waals surface area contributed by atoms with E-state index in [9.17, 15) is 8.42 Å². The summed E-state index contributed by atoms with van der Waals surface area (Å²) in [5.41, 5.74) is 1.53. The molecule has 2 aromatic rings. The highest BCUT2D eigenvalue weighted by Crippen LogP contribution is 2.19. The van der Waals surface area contributed by atoms with Gasteiger partial charge in [-0.1, -0.05) is 6.07 Å². The smallest absolute Gasteiger partial charge is 0.223 e. The molecule has 0 amide bonds. The molecule has 21 heavy (non-hydrogen) atoms. The van der Waals surface area contributed by atoms with Crippen LogP contribution >= 0.6 is 0 Å². The fraction of sp³-hybridized carbons (Fsp3) is 0.357. The molecule has 0 aromatic carbocycles. The summed E-state index contributed by atoms with van der Waals surface area (Å²) in [6, 6.07) is 7.44. The van der Waals surface area contributed by atoms with Gasteiger partial charge in [-0.25, -0.2) is 18.4 Å². The fourth-order valence-corrected chi connectivity index (χ4v) is 4.23. The van der Waals surface area contributed by atoms with Gasteiger partial charge in [0.25, 0.3) is 0 Å². The maximum absolute atomic E-state index is 11.4. The highest BCUT2D eigenvalue weighted by atomic mass is 32.2. The van der Waals surface area contributed by atoms with Crippen molar-refractivity contribution in [1.29, 1.82) is 0 Å². The molecule has 110 valence electrons. The van der Waals surface area contributed by atoms with Gasteiger partial charge in [0.2, 0.25) is 5.95 Å². The molecule has 1 aliphatic rings. The molecule has 3 rings (SSSR count). The van der Waals surface area contributed by atoms with Gasteiger partial charge in [0.05, 0.1) is 22.9 Å². The van der Waals surface area contributed by atoms with Crippen molar-refractivity contribution in [3.8, 4) is 11.4 Å². The van der Waals surface area contributed by atoms with E-state index in [1.165, 1.54) is 0 Å². The minimum atomic E-state index is -2.84. The second-order valence-electron chi connectivity index (χ2n) is 5.13. The molecule has 0 bridgehead atoms. The lowest BCUT2D eigenvalue weighted by molar-refractivity contribution is 0.595. The third kappa shape index (κ3) is 3.55. The lowest BCUT2D eigenvalue weighted by Gasteiger charge is -2.10. The number of pyridine rings is 1. The molecule has 1 atom stereocenters. The normalized spacial score (nSPS) is 20.3. The van der Waals surface area contributed by atoms with Crippen LogP contribution < -0.4 is 5.32 Å². The standard InChI is InChI=1S/C14H16N4O2S/c19-21(20)8-5-11(10-21)9-17-14-16-7-4-13(18-14)12-3-1-2-6-15-12/h1-4,6-7,11H,5,8-10H2,(H,16,17,18). The van der Waals surface area contributed by atoms with Crippen LogP contribution in [0.2, 0.25) is 0 Å². The number of sulfone groups is 1. The molecular formula is C14H16N4O2S. The Morgan fingerprint density at radius 3 is 2.76 bits per heavy atom. The van der Waals surface area contributed by atoms with Crippen LogP contribution in [-0.2, 0) is 9.84 Å². The Morgan fingerprint density at radius 1 is 1.14 bits per heavy atom. The van der Waals surface area contributed by atoms with Crippen molar-refractivity contribution >= 4 is 15.8 Å². The quantitative estimate of drug-likeness (QED) is 0.918. The molecule has 6 nitrogen and oxygen atoms in total. The molecule has 2 aromatic heterocycles. The van der Waals surface area contributed by atoms with Crippen LogP contribution in [0.4, 0.5) is 5.95 Å². The van der Waals surface area contributed by atoms with Crippen LogP contribution in [0, 0.1) is 5.92 Å². The van der Waals surface area contributed by atoms with Crippen molar-refractivity contribution < 1.29 is 8.42 Å². The minimum absolute atomic E-state index is 0.136. The summed E-state index contributed by atoms with van der Waals surface area (Å²) in [5, 5.41) is 3.12. The van der Waals surface area contributed by atoms with Crippen LogP contribution in [0.15, 0.2) is 36.7 Å². The van der Waals surface area contributed by atoms with Gasteiger partial charge in [-0.2, -0.15) is 0 Å². The molecule has 0 spiro atoms. The van der Waals surface area contributed by atoms with Crippen molar-refractivity contribution in [2.75, 3.05) is 23.4 Å². The predicted molar refractivity (Wildman–Crippen MR) is 80.5 cm³/mol. The first-order valence-electron chi connectivity index (χ1n) is 6.81. The van der Waals surface area contributed by atoms with Crippen molar-refractivity contribution in [2.24, 2.45) is 5.92 Å². The van der Waals surface area contributed by atoms with E-state index in [1.54, 1.807) is 18.5 Å². The Kier molecular flexibility index (Phi) is 3.83. The average Bonchev–Trinajstić information content (AvgIpc) is 2.86. The molecule has 1 fully saturated rings. The van der Waals surface area contributed by atoms with Gasteiger partial charge < -0.3 is 5.32 Å². The van der Waals surface area contributed by atoms with Crippen molar-refractivity contribution in [3.05, 3.63) is 36.7 Å². The lowest BCUT2D eigenvalue weighted by Crippen LogP contribution is -2.17. The number of rotatable bonds is 4. The Balaban J connectivity index is 1.67. The van der Waals surface area contributed by atoms with E-state index < -0.39 is 9.84 Å². The van der Waals surface area contributed by atoms with Gasteiger partial charge >= 0.3 is 0 Å². The highest BCUT2D eigenvalue weighted by molar-refractivity contribution is 7.91. The molecule has 1 aliphatic heterocycles. The van der Waals surface area contributed by atoms with Gasteiger partial charge in [-0.15, -0.1) is 0 Å². The maximum Gasteiger partial charge on any atom is 0.223 e. The Morgan fingerprint density at radius 2 is 2.05 bits per heavy atom. The van der Waals surface area contributed by atoms with Gasteiger partial charge in [0.1, 0.15) is 0 Å². The number of hydrogen-bond acceptors (Lipinski definition) is 6. The topological polar surface area (TPSA) is 84.8 Å². The van der Waals surface area contributed by atoms with E-state index in [4.69, 9.17) is 0 Å². The molecule has 0 saturated carbocycles. The Labute approximate surface area is 123 Å². The second-order valence-corrected chi connectivity index (χ2v) is 7.36. The zero-order valence-electron chi connectivity index (χ0n) is 11.4. The second kappa shape index (κ2) is 5.77. The number of nitrogens with one attached hydrogen (secondary N) is 1. The number of aromatic nitrogens is 3. The first kappa shape index (κ1) is 13.9. The van der Waals surface area contributed by atoms with Crippen LogP contribution in [-0.4, -0.2) is 41.4 Å². The van der Waals surface area contributed by atoms with Gasteiger partial charge in [-0.05, 0) is 30.5 Å². The lowest BCUT2D eigenvalue weighted by atomic mass is 10.1. The van der Waals surface area contributed by atoms with Gasteiger partial charge in [-0.3, -0.25) is 4.98 Å². The zero-order chi connectivity index (χ0) is 14.7. The summed E-state index contributed by atoms with van der Waals surface area (Å²) in [6.07, 6.45) is 4.09. The monoisotopic (exact) mass is 304 g/mol. The van der Waals surface area contributed by atoms with E-state index in [2.05, 4.69) is 20.3 Å². The van der Waals surface area contributed by atoms with Crippen molar-refractivity contribution in [1.82, 2.24) is 15.0 Å². The largest absolute Gasteiger partial charge is 0.354 e. The predicted octanol–water partition coefficient (Wildman–Crippen LogP) is 1.39. The van der Waals surface area contributed by atoms with E-state index >= 15 is 0 Å². The molecule has 7 heteroatoms. The third-order valence-corrected chi connectivity index (χ3v) is 5.30. The maximum atomic E-state index is 11.4. The Hall–Kier alpha value is -2.02. The summed E-state index contributed by atoms with van der Waals surface area (Å²) in [5.74, 6) is 1.17. The molecule has 1 N–H and O–H groups in total. The fourth-order valence-electron chi connectivity index (χ4n) is 2.37. The van der Waals surface area contributed by atoms with E-state index in [-0.39, 0.29) is 17.4 Å². The molecule has 0 aliphatic carbocycles. The molecular weight excluding hydrogens is 288 g/mol. The molecule has 1 unspecified atom stereocenters. The summed E-state index contributed by atoms with van der Waals surface area (Å²) >= 11 is 0. The Bertz CT molecular complexity index is 719. The van der Waals surface area contributed by atoms with E-state index in [0.29, 0.717) is 18.9 Å². The SMILES string of the molecule is O=S1(=O)CCC(CNc2nccc(-c3ccccn3)n2)C1. The third-order valence-electron chi connectivity index (χ3n) is 3.46. The summed E-state index contributed by atoms with van der Waals surface area (Å²) < 4.78 is 22.8. The van der Waals surface area contributed by atoms with E-state index in [1.807, 2.05) is 18.2 Å². The van der Waals surface area contributed by atoms with E-state index in [0.717, 1.165) is 11.4 Å². The molecule has 0 radical (unpaired) electrons. The number of nitrogens with zero attached hydrogens (tertiary/aromatic N) is 3. The van der Waals surface area contributed by atoms with Gasteiger partial charge in [0, 0.05) is 18.9 Å². The molecule has 3 heterocycles. The average molecular weight is 304 g/mol. The van der Waals surface area contributed by atoms with Gasteiger partial charge in [0.15, 0.2) is 9.84 Å². The van der Waals surface area contributed by atoms with Crippen LogP contribution in [0.5, 0.6) is 0 Å². The first-order chi connectivity index (χ1) is 10.1. The van der Waals surface area contributed by atoms with Crippen LogP contribution in [0.3, 0.4) is 0 Å². The summed E-state index contributed by atoms with van der Waals surface area (Å²) in [6.45, 7) is 0.574. The molecule has 1 saturated heterocycles. The highest BCUT2D eigenvalue weighted by Gasteiger charge is 2.27. The summed E-state index contributed by atoms with van der Waals surface area (Å²) in [4.78, 5) is 12.8. The number of hydrogen-bond donors (Lipinski definition) is 1. The van der Waals surface area contributed by atoms with Crippen LogP contribution in [0.25, 0.3) is 11.4 Å². The zero-order valence-corrected chi connectivity index (χ0v) is 12.3. The first-order valence-corrected chi connectivity index (χ1v) is 8.63.